The minimum atomic E-state index is -0.288. The van der Waals surface area contributed by atoms with Gasteiger partial charge in [-0.25, -0.2) is 0 Å². The molecule has 1 aliphatic rings. The molecule has 0 bridgehead atoms. The van der Waals surface area contributed by atoms with Gasteiger partial charge in [-0.1, -0.05) is 18.2 Å². The van der Waals surface area contributed by atoms with Gasteiger partial charge in [-0.3, -0.25) is 9.59 Å². The zero-order valence-corrected chi connectivity index (χ0v) is 20.0. The van der Waals surface area contributed by atoms with Crippen LogP contribution in [-0.2, 0) is 11.2 Å². The monoisotopic (exact) mass is 473 g/mol. The molecule has 7 heteroatoms. The van der Waals surface area contributed by atoms with Gasteiger partial charge in [-0.05, 0) is 86.4 Å². The summed E-state index contributed by atoms with van der Waals surface area (Å²) in [6.45, 7) is 3.35. The minimum Gasteiger partial charge on any atom is -0.497 e. The van der Waals surface area contributed by atoms with E-state index in [0.717, 1.165) is 18.7 Å². The highest BCUT2D eigenvalue weighted by Crippen LogP contribution is 2.18. The standard InChI is InChI=1S/C28H31N3O4/c1-34-26-6-4-5-24(19-26)29-27(32)20-35-25-13-9-22(10-14-25)28(33)30-23-11-7-21(8-12-23)15-18-31-16-2-3-17-31/h4-14,19H,2-3,15-18,20H2,1H3,(H,29,32)(H,30,33). The molecule has 1 saturated heterocycles. The van der Waals surface area contributed by atoms with Crippen molar-refractivity contribution in [2.75, 3.05) is 44.0 Å². The molecule has 1 fully saturated rings. The Hall–Kier alpha value is -3.84. The first-order chi connectivity index (χ1) is 17.1. The SMILES string of the molecule is COc1cccc(NC(=O)COc2ccc(C(=O)Nc3ccc(CCN4CCCC4)cc3)cc2)c1. The number of carbonyl (C=O) groups excluding carboxylic acids is 2. The van der Waals surface area contributed by atoms with Gasteiger partial charge in [0.25, 0.3) is 11.8 Å². The van der Waals surface area contributed by atoms with E-state index in [4.69, 9.17) is 9.47 Å². The molecule has 0 saturated carbocycles. The van der Waals surface area contributed by atoms with Crippen LogP contribution in [0.2, 0.25) is 0 Å². The summed E-state index contributed by atoms with van der Waals surface area (Å²) in [7, 11) is 1.57. The number of hydrogen-bond acceptors (Lipinski definition) is 5. The lowest BCUT2D eigenvalue weighted by atomic mass is 10.1. The lowest BCUT2D eigenvalue weighted by molar-refractivity contribution is -0.118. The van der Waals surface area contributed by atoms with Crippen LogP contribution in [0.3, 0.4) is 0 Å². The highest BCUT2D eigenvalue weighted by Gasteiger charge is 2.11. The van der Waals surface area contributed by atoms with Crippen molar-refractivity contribution in [3.8, 4) is 11.5 Å². The van der Waals surface area contributed by atoms with E-state index in [1.807, 2.05) is 12.1 Å². The molecule has 0 aromatic heterocycles. The van der Waals surface area contributed by atoms with E-state index in [1.54, 1.807) is 55.6 Å². The Morgan fingerprint density at radius 1 is 0.857 bits per heavy atom. The first-order valence-corrected chi connectivity index (χ1v) is 11.9. The Balaban J connectivity index is 1.22. The molecule has 2 N–H and O–H groups in total. The van der Waals surface area contributed by atoms with Crippen LogP contribution < -0.4 is 20.1 Å². The van der Waals surface area contributed by atoms with Crippen LogP contribution in [0.25, 0.3) is 0 Å². The number of ether oxygens (including phenoxy) is 2. The summed E-state index contributed by atoms with van der Waals surface area (Å²) >= 11 is 0. The van der Waals surface area contributed by atoms with Crippen molar-refractivity contribution in [2.24, 2.45) is 0 Å². The average molecular weight is 474 g/mol. The van der Waals surface area contributed by atoms with Gasteiger partial charge in [-0.2, -0.15) is 0 Å². The molecule has 2 amide bonds. The van der Waals surface area contributed by atoms with Gasteiger partial charge >= 0.3 is 0 Å². The van der Waals surface area contributed by atoms with Crippen LogP contribution in [0.15, 0.2) is 72.8 Å². The number of anilines is 2. The maximum Gasteiger partial charge on any atom is 0.262 e. The lowest BCUT2D eigenvalue weighted by Crippen LogP contribution is -2.21. The number of nitrogens with one attached hydrogen (secondary N) is 2. The van der Waals surface area contributed by atoms with Crippen molar-refractivity contribution in [1.29, 1.82) is 0 Å². The predicted octanol–water partition coefficient (Wildman–Crippen LogP) is 4.60. The summed E-state index contributed by atoms with van der Waals surface area (Å²) in [6.07, 6.45) is 3.63. The third-order valence-electron chi connectivity index (χ3n) is 5.97. The van der Waals surface area contributed by atoms with Crippen LogP contribution in [0.5, 0.6) is 11.5 Å². The van der Waals surface area contributed by atoms with Crippen molar-refractivity contribution < 1.29 is 19.1 Å². The number of amides is 2. The molecule has 0 aliphatic carbocycles. The Morgan fingerprint density at radius 2 is 1.60 bits per heavy atom. The average Bonchev–Trinajstić information content (AvgIpc) is 3.41. The highest BCUT2D eigenvalue weighted by atomic mass is 16.5. The molecule has 1 aliphatic heterocycles. The minimum absolute atomic E-state index is 0.146. The summed E-state index contributed by atoms with van der Waals surface area (Å²) < 4.78 is 10.7. The molecule has 0 spiro atoms. The quantitative estimate of drug-likeness (QED) is 0.450. The van der Waals surface area contributed by atoms with E-state index in [-0.39, 0.29) is 18.4 Å². The van der Waals surface area contributed by atoms with E-state index in [0.29, 0.717) is 22.7 Å². The Labute approximate surface area is 206 Å². The normalized spacial score (nSPS) is 13.3. The molecular weight excluding hydrogens is 442 g/mol. The van der Waals surface area contributed by atoms with E-state index >= 15 is 0 Å². The molecular formula is C28H31N3O4. The third kappa shape index (κ3) is 7.32. The van der Waals surface area contributed by atoms with E-state index < -0.39 is 0 Å². The van der Waals surface area contributed by atoms with Gasteiger partial charge in [0.1, 0.15) is 11.5 Å². The Kier molecular flexibility index (Phi) is 8.35. The van der Waals surface area contributed by atoms with E-state index in [2.05, 4.69) is 27.7 Å². The van der Waals surface area contributed by atoms with E-state index in [1.165, 1.54) is 31.5 Å². The molecule has 182 valence electrons. The third-order valence-corrected chi connectivity index (χ3v) is 5.97. The van der Waals surface area contributed by atoms with Gasteiger partial charge < -0.3 is 25.0 Å². The van der Waals surface area contributed by atoms with Gasteiger partial charge in [0, 0.05) is 29.5 Å². The number of hydrogen-bond donors (Lipinski definition) is 2. The summed E-state index contributed by atoms with van der Waals surface area (Å²) in [5.41, 5.74) is 3.17. The second-order valence-corrected chi connectivity index (χ2v) is 8.54. The first kappa shape index (κ1) is 24.3. The van der Waals surface area contributed by atoms with Crippen molar-refractivity contribution in [2.45, 2.75) is 19.3 Å². The predicted molar refractivity (Wildman–Crippen MR) is 137 cm³/mol. The van der Waals surface area contributed by atoms with Crippen molar-refractivity contribution in [3.63, 3.8) is 0 Å². The summed E-state index contributed by atoms with van der Waals surface area (Å²) in [5, 5.41) is 5.68. The number of likely N-dealkylation sites (tertiary alicyclic amines) is 1. The first-order valence-electron chi connectivity index (χ1n) is 11.9. The van der Waals surface area contributed by atoms with Crippen molar-refractivity contribution in [1.82, 2.24) is 4.90 Å². The molecule has 3 aromatic carbocycles. The molecule has 1 heterocycles. The second kappa shape index (κ2) is 12.0. The molecule has 0 unspecified atom stereocenters. The number of rotatable bonds is 10. The molecule has 35 heavy (non-hydrogen) atoms. The fourth-order valence-electron chi connectivity index (χ4n) is 4.00. The summed E-state index contributed by atoms with van der Waals surface area (Å²) in [5.74, 6) is 0.678. The molecule has 4 rings (SSSR count). The van der Waals surface area contributed by atoms with Crippen LogP contribution in [0.1, 0.15) is 28.8 Å². The number of carbonyl (C=O) groups is 2. The van der Waals surface area contributed by atoms with Crippen molar-refractivity contribution >= 4 is 23.2 Å². The van der Waals surface area contributed by atoms with Crippen LogP contribution in [0, 0.1) is 0 Å². The fourth-order valence-corrected chi connectivity index (χ4v) is 4.00. The zero-order chi connectivity index (χ0) is 24.5. The zero-order valence-electron chi connectivity index (χ0n) is 20.0. The number of benzene rings is 3. The number of nitrogens with zero attached hydrogens (tertiary/aromatic N) is 1. The van der Waals surface area contributed by atoms with Crippen LogP contribution in [-0.4, -0.2) is 50.1 Å². The van der Waals surface area contributed by atoms with Gasteiger partial charge in [-0.15, -0.1) is 0 Å². The second-order valence-electron chi connectivity index (χ2n) is 8.54. The topological polar surface area (TPSA) is 79.9 Å². The molecule has 0 radical (unpaired) electrons. The highest BCUT2D eigenvalue weighted by molar-refractivity contribution is 6.04. The summed E-state index contributed by atoms with van der Waals surface area (Å²) in [4.78, 5) is 27.2. The van der Waals surface area contributed by atoms with Crippen LogP contribution in [0.4, 0.5) is 11.4 Å². The smallest absolute Gasteiger partial charge is 0.262 e. The van der Waals surface area contributed by atoms with Gasteiger partial charge in [0.2, 0.25) is 0 Å². The molecule has 7 nitrogen and oxygen atoms in total. The van der Waals surface area contributed by atoms with Crippen molar-refractivity contribution in [3.05, 3.63) is 83.9 Å². The molecule has 0 atom stereocenters. The maximum atomic E-state index is 12.6. The van der Waals surface area contributed by atoms with Gasteiger partial charge in [0.05, 0.1) is 7.11 Å². The maximum absolute atomic E-state index is 12.6. The summed E-state index contributed by atoms with van der Waals surface area (Å²) in [6, 6.07) is 21.8. The Morgan fingerprint density at radius 3 is 2.31 bits per heavy atom. The Bertz CT molecular complexity index is 1120. The number of methoxy groups -OCH3 is 1. The lowest BCUT2D eigenvalue weighted by Gasteiger charge is -2.14. The van der Waals surface area contributed by atoms with Gasteiger partial charge in [0.15, 0.2) is 6.61 Å². The molecule has 3 aromatic rings. The fraction of sp³-hybridized carbons (Fsp3) is 0.286. The largest absolute Gasteiger partial charge is 0.497 e. The van der Waals surface area contributed by atoms with Crippen LogP contribution >= 0.6 is 0 Å². The van der Waals surface area contributed by atoms with E-state index in [9.17, 15) is 9.59 Å².